The summed E-state index contributed by atoms with van der Waals surface area (Å²) in [4.78, 5) is 20.3. The molecule has 2 fully saturated rings. The van der Waals surface area contributed by atoms with Gasteiger partial charge in [-0.15, -0.1) is 11.3 Å². The van der Waals surface area contributed by atoms with Gasteiger partial charge in [-0.2, -0.15) is 10.1 Å². The number of carbonyl (C=O) groups excluding carboxylic acids is 1. The van der Waals surface area contributed by atoms with E-state index in [0.717, 1.165) is 42.1 Å². The van der Waals surface area contributed by atoms with Gasteiger partial charge in [0.15, 0.2) is 11.5 Å². The van der Waals surface area contributed by atoms with E-state index < -0.39 is 0 Å². The summed E-state index contributed by atoms with van der Waals surface area (Å²) in [5.41, 5.74) is 1.29. The molecular weight excluding hydrogens is 338 g/mol. The van der Waals surface area contributed by atoms with Gasteiger partial charge in [0.05, 0.1) is 10.6 Å². The average Bonchev–Trinajstić information content (AvgIpc) is 3.16. The fourth-order valence-electron chi connectivity index (χ4n) is 3.29. The number of aromatic nitrogens is 4. The van der Waals surface area contributed by atoms with Crippen LogP contribution in [0.15, 0.2) is 28.1 Å². The van der Waals surface area contributed by atoms with Crippen LogP contribution in [0.3, 0.4) is 0 Å². The van der Waals surface area contributed by atoms with E-state index in [0.29, 0.717) is 24.0 Å². The van der Waals surface area contributed by atoms with Crippen LogP contribution in [-0.4, -0.2) is 37.7 Å². The van der Waals surface area contributed by atoms with E-state index in [9.17, 15) is 4.79 Å². The third-order valence-electron chi connectivity index (χ3n) is 4.78. The molecule has 2 aliphatic rings. The number of thiophene rings is 1. The van der Waals surface area contributed by atoms with Gasteiger partial charge in [0, 0.05) is 12.5 Å². The van der Waals surface area contributed by atoms with Crippen molar-refractivity contribution in [1.29, 1.82) is 0 Å². The van der Waals surface area contributed by atoms with E-state index in [1.54, 1.807) is 16.2 Å². The highest BCUT2D eigenvalue weighted by Gasteiger charge is 2.37. The molecule has 1 saturated carbocycles. The Balaban J connectivity index is 1.38. The van der Waals surface area contributed by atoms with Crippen LogP contribution in [0, 0.1) is 0 Å². The van der Waals surface area contributed by atoms with E-state index in [1.807, 2.05) is 23.6 Å². The molecule has 128 valence electrons. The largest absolute Gasteiger partial charge is 0.337 e. The molecule has 5 rings (SSSR count). The number of likely N-dealkylation sites (tertiary alicyclic amines) is 1. The molecule has 1 saturated heterocycles. The molecule has 1 atom stereocenters. The first-order chi connectivity index (χ1) is 12.3. The van der Waals surface area contributed by atoms with Crippen molar-refractivity contribution in [3.8, 4) is 10.6 Å². The van der Waals surface area contributed by atoms with Crippen molar-refractivity contribution in [2.24, 2.45) is 0 Å². The first-order valence-corrected chi connectivity index (χ1v) is 9.41. The van der Waals surface area contributed by atoms with Crippen LogP contribution in [0.5, 0.6) is 0 Å². The number of hydrogen-bond donors (Lipinski definition) is 1. The normalized spacial score (nSPS) is 20.3. The minimum atomic E-state index is -0.144. The second kappa shape index (κ2) is 5.80. The van der Waals surface area contributed by atoms with Gasteiger partial charge in [0.1, 0.15) is 6.04 Å². The van der Waals surface area contributed by atoms with Gasteiger partial charge in [-0.1, -0.05) is 11.2 Å². The van der Waals surface area contributed by atoms with Crippen molar-refractivity contribution in [2.45, 2.75) is 37.6 Å². The Labute approximate surface area is 148 Å². The number of hydrogen-bond acceptors (Lipinski definition) is 6. The second-order valence-electron chi connectivity index (χ2n) is 6.57. The quantitative estimate of drug-likeness (QED) is 0.775. The molecule has 1 amide bonds. The molecule has 25 heavy (non-hydrogen) atoms. The summed E-state index contributed by atoms with van der Waals surface area (Å²) in [5, 5.41) is 13.3. The molecule has 1 unspecified atom stereocenters. The zero-order chi connectivity index (χ0) is 16.8. The van der Waals surface area contributed by atoms with Gasteiger partial charge < -0.3 is 9.42 Å². The predicted molar refractivity (Wildman–Crippen MR) is 91.2 cm³/mol. The number of nitrogens with one attached hydrogen (secondary N) is 1. The average molecular weight is 355 g/mol. The SMILES string of the molecule is O=C(c1cc(-c2cccs2)[nH]n1)N1CCCC1c1nc(C2CC2)no1. The highest BCUT2D eigenvalue weighted by molar-refractivity contribution is 7.13. The second-order valence-corrected chi connectivity index (χ2v) is 7.51. The maximum Gasteiger partial charge on any atom is 0.275 e. The van der Waals surface area contributed by atoms with Crippen LogP contribution in [-0.2, 0) is 0 Å². The lowest BCUT2D eigenvalue weighted by Gasteiger charge is -2.20. The third-order valence-corrected chi connectivity index (χ3v) is 5.69. The first-order valence-electron chi connectivity index (χ1n) is 8.53. The Morgan fingerprint density at radius 3 is 3.08 bits per heavy atom. The third kappa shape index (κ3) is 2.66. The summed E-state index contributed by atoms with van der Waals surface area (Å²) in [6, 6.07) is 5.65. The summed E-state index contributed by atoms with van der Waals surface area (Å²) < 4.78 is 5.45. The zero-order valence-corrected chi connectivity index (χ0v) is 14.3. The Kier molecular flexibility index (Phi) is 3.44. The predicted octanol–water partition coefficient (Wildman–Crippen LogP) is 3.38. The number of amides is 1. The molecule has 4 heterocycles. The van der Waals surface area contributed by atoms with Crippen molar-refractivity contribution in [1.82, 2.24) is 25.2 Å². The summed E-state index contributed by atoms with van der Waals surface area (Å²) in [7, 11) is 0. The molecule has 0 aromatic carbocycles. The minimum absolute atomic E-state index is 0.0901. The van der Waals surface area contributed by atoms with Gasteiger partial charge in [-0.3, -0.25) is 9.89 Å². The summed E-state index contributed by atoms with van der Waals surface area (Å²) >= 11 is 1.61. The number of rotatable bonds is 4. The van der Waals surface area contributed by atoms with E-state index in [4.69, 9.17) is 4.52 Å². The van der Waals surface area contributed by atoms with Gasteiger partial charge in [-0.25, -0.2) is 0 Å². The maximum atomic E-state index is 12.9. The lowest BCUT2D eigenvalue weighted by molar-refractivity contribution is 0.0704. The number of aromatic amines is 1. The highest BCUT2D eigenvalue weighted by atomic mass is 32.1. The highest BCUT2D eigenvalue weighted by Crippen LogP contribution is 2.40. The van der Waals surface area contributed by atoms with Crippen LogP contribution in [0.25, 0.3) is 10.6 Å². The Morgan fingerprint density at radius 2 is 2.28 bits per heavy atom. The van der Waals surface area contributed by atoms with Gasteiger partial charge in [0.2, 0.25) is 5.89 Å². The summed E-state index contributed by atoms with van der Waals surface area (Å²) in [5.74, 6) is 1.70. The van der Waals surface area contributed by atoms with E-state index in [1.165, 1.54) is 0 Å². The van der Waals surface area contributed by atoms with Crippen LogP contribution in [0.4, 0.5) is 0 Å². The summed E-state index contributed by atoms with van der Waals surface area (Å²) in [6.07, 6.45) is 4.04. The van der Waals surface area contributed by atoms with Crippen molar-refractivity contribution < 1.29 is 9.32 Å². The zero-order valence-electron chi connectivity index (χ0n) is 13.5. The Morgan fingerprint density at radius 1 is 1.36 bits per heavy atom. The van der Waals surface area contributed by atoms with Crippen LogP contribution < -0.4 is 0 Å². The first kappa shape index (κ1) is 14.8. The topological polar surface area (TPSA) is 87.9 Å². The van der Waals surface area contributed by atoms with Gasteiger partial charge >= 0.3 is 0 Å². The summed E-state index contributed by atoms with van der Waals surface area (Å²) in [6.45, 7) is 0.686. The lowest BCUT2D eigenvalue weighted by atomic mass is 10.2. The fourth-order valence-corrected chi connectivity index (χ4v) is 3.99. The van der Waals surface area contributed by atoms with E-state index >= 15 is 0 Å². The Hall–Kier alpha value is -2.48. The molecule has 1 aliphatic carbocycles. The van der Waals surface area contributed by atoms with Crippen molar-refractivity contribution >= 4 is 17.2 Å². The molecule has 3 aromatic rings. The molecule has 7 nitrogen and oxygen atoms in total. The van der Waals surface area contributed by atoms with Crippen molar-refractivity contribution in [2.75, 3.05) is 6.54 Å². The number of H-pyrrole nitrogens is 1. The molecule has 0 bridgehead atoms. The van der Waals surface area contributed by atoms with Crippen molar-refractivity contribution in [3.63, 3.8) is 0 Å². The fraction of sp³-hybridized carbons (Fsp3) is 0.412. The van der Waals surface area contributed by atoms with Crippen molar-refractivity contribution in [3.05, 3.63) is 41.0 Å². The monoisotopic (exact) mass is 355 g/mol. The molecule has 0 radical (unpaired) electrons. The smallest absolute Gasteiger partial charge is 0.275 e. The van der Waals surface area contributed by atoms with E-state index in [-0.39, 0.29) is 11.9 Å². The Bertz CT molecular complexity index is 896. The minimum Gasteiger partial charge on any atom is -0.337 e. The number of nitrogens with zero attached hydrogens (tertiary/aromatic N) is 4. The van der Waals surface area contributed by atoms with Crippen LogP contribution in [0.1, 0.15) is 59.8 Å². The number of carbonyl (C=O) groups is 1. The maximum absolute atomic E-state index is 12.9. The molecule has 3 aromatic heterocycles. The lowest BCUT2D eigenvalue weighted by Crippen LogP contribution is -2.31. The van der Waals surface area contributed by atoms with Gasteiger partial charge in [0.25, 0.3) is 5.91 Å². The molecule has 0 spiro atoms. The van der Waals surface area contributed by atoms with E-state index in [2.05, 4.69) is 20.3 Å². The van der Waals surface area contributed by atoms with Gasteiger partial charge in [-0.05, 0) is 43.2 Å². The van der Waals surface area contributed by atoms with Crippen LogP contribution in [0.2, 0.25) is 0 Å². The standard InChI is InChI=1S/C17H17N5O2S/c23-17(12-9-11(19-20-12)14-4-2-8-25-14)22-7-1-3-13(22)16-18-15(21-24-16)10-5-6-10/h2,4,8-10,13H,1,3,5-7H2,(H,19,20). The molecule has 8 heteroatoms. The van der Waals surface area contributed by atoms with Crippen LogP contribution >= 0.6 is 11.3 Å². The molecule has 1 aliphatic heterocycles. The molecule has 1 N–H and O–H groups in total. The molecular formula is C17H17N5O2S.